The number of ether oxygens (including phenoxy) is 1. The van der Waals surface area contributed by atoms with E-state index in [1.54, 1.807) is 18.2 Å². The number of piperidine rings is 1. The minimum absolute atomic E-state index is 0.138. The summed E-state index contributed by atoms with van der Waals surface area (Å²) in [5, 5.41) is 15.3. The van der Waals surface area contributed by atoms with Gasteiger partial charge in [-0.15, -0.1) is 0 Å². The third-order valence-electron chi connectivity index (χ3n) is 6.18. The number of aryl methyl sites for hydroxylation is 1. The molecule has 1 aliphatic rings. The van der Waals surface area contributed by atoms with Crippen LogP contribution in [0, 0.1) is 5.41 Å². The van der Waals surface area contributed by atoms with E-state index in [0.29, 0.717) is 23.6 Å². The van der Waals surface area contributed by atoms with E-state index in [-0.39, 0.29) is 38.1 Å². The number of aliphatic hydroxyl groups is 1. The van der Waals surface area contributed by atoms with Crippen molar-refractivity contribution in [3.8, 4) is 0 Å². The number of hydrogen-bond donors (Lipinski definition) is 3. The van der Waals surface area contributed by atoms with Gasteiger partial charge in [-0.05, 0) is 48.6 Å². The van der Waals surface area contributed by atoms with Crippen molar-refractivity contribution < 1.29 is 24.2 Å². The molecule has 2 aromatic rings. The van der Waals surface area contributed by atoms with Gasteiger partial charge < -0.3 is 20.1 Å². The van der Waals surface area contributed by atoms with Gasteiger partial charge in [0.05, 0.1) is 5.41 Å². The lowest BCUT2D eigenvalue weighted by atomic mass is 9.78. The number of amides is 3. The zero-order chi connectivity index (χ0) is 24.6. The minimum atomic E-state index is -1.00. The standard InChI is InChI=1S/C25H30ClN3O5/c1-2-18-7-9-20(10-8-18)28-24(33)34-17-25(11-13-29(14-12-25)22(31)16-30)23(32)27-15-19-5-3-4-6-21(19)26/h3-10,30H,2,11-17H2,1H3,(H,27,32)(H,28,33). The Morgan fingerprint density at radius 1 is 1.09 bits per heavy atom. The molecule has 9 heteroatoms. The zero-order valence-corrected chi connectivity index (χ0v) is 19.9. The Morgan fingerprint density at radius 2 is 1.76 bits per heavy atom. The lowest BCUT2D eigenvalue weighted by molar-refractivity contribution is -0.144. The average Bonchev–Trinajstić information content (AvgIpc) is 2.87. The minimum Gasteiger partial charge on any atom is -0.448 e. The summed E-state index contributed by atoms with van der Waals surface area (Å²) < 4.78 is 5.47. The molecule has 8 nitrogen and oxygen atoms in total. The summed E-state index contributed by atoms with van der Waals surface area (Å²) in [6, 6.07) is 14.7. The molecule has 3 N–H and O–H groups in total. The highest BCUT2D eigenvalue weighted by molar-refractivity contribution is 6.31. The Hall–Kier alpha value is -3.10. The molecule has 0 saturated carbocycles. The van der Waals surface area contributed by atoms with Gasteiger partial charge >= 0.3 is 6.09 Å². The monoisotopic (exact) mass is 487 g/mol. The number of carbonyl (C=O) groups excluding carboxylic acids is 3. The molecule has 0 unspecified atom stereocenters. The van der Waals surface area contributed by atoms with Crippen molar-refractivity contribution in [2.45, 2.75) is 32.7 Å². The first-order chi connectivity index (χ1) is 16.4. The van der Waals surface area contributed by atoms with Gasteiger partial charge in [0.25, 0.3) is 0 Å². The number of benzene rings is 2. The molecule has 2 aromatic carbocycles. The molecule has 3 amide bonds. The molecule has 1 fully saturated rings. The van der Waals surface area contributed by atoms with Crippen LogP contribution in [0.3, 0.4) is 0 Å². The molecule has 182 valence electrons. The number of likely N-dealkylation sites (tertiary alicyclic amines) is 1. The summed E-state index contributed by atoms with van der Waals surface area (Å²) in [4.78, 5) is 39.1. The third kappa shape index (κ3) is 6.48. The molecular formula is C25H30ClN3O5. The number of carbonyl (C=O) groups is 3. The molecule has 0 spiro atoms. The van der Waals surface area contributed by atoms with Crippen LogP contribution in [-0.2, 0) is 27.3 Å². The SMILES string of the molecule is CCc1ccc(NC(=O)OCC2(C(=O)NCc3ccccc3Cl)CCN(C(=O)CO)CC2)cc1. The molecular weight excluding hydrogens is 458 g/mol. The van der Waals surface area contributed by atoms with Crippen LogP contribution in [-0.4, -0.2) is 54.2 Å². The predicted octanol–water partition coefficient (Wildman–Crippen LogP) is 3.37. The van der Waals surface area contributed by atoms with Gasteiger partial charge in [-0.2, -0.15) is 0 Å². The Kier molecular flexibility index (Phi) is 8.90. The first kappa shape index (κ1) is 25.5. The quantitative estimate of drug-likeness (QED) is 0.529. The number of halogens is 1. The topological polar surface area (TPSA) is 108 Å². The summed E-state index contributed by atoms with van der Waals surface area (Å²) >= 11 is 6.20. The summed E-state index contributed by atoms with van der Waals surface area (Å²) in [7, 11) is 0. The largest absolute Gasteiger partial charge is 0.448 e. The maximum absolute atomic E-state index is 13.3. The molecule has 34 heavy (non-hydrogen) atoms. The van der Waals surface area contributed by atoms with Crippen LogP contribution in [0.1, 0.15) is 30.9 Å². The average molecular weight is 488 g/mol. The van der Waals surface area contributed by atoms with Crippen molar-refractivity contribution in [1.29, 1.82) is 0 Å². The second-order valence-corrected chi connectivity index (χ2v) is 8.75. The van der Waals surface area contributed by atoms with Crippen molar-refractivity contribution in [3.63, 3.8) is 0 Å². The molecule has 1 saturated heterocycles. The lowest BCUT2D eigenvalue weighted by Crippen LogP contribution is -2.53. The van der Waals surface area contributed by atoms with Crippen LogP contribution in [0.15, 0.2) is 48.5 Å². The fourth-order valence-corrected chi connectivity index (χ4v) is 4.11. The number of nitrogens with zero attached hydrogens (tertiary/aromatic N) is 1. The van der Waals surface area contributed by atoms with Gasteiger partial charge in [0.2, 0.25) is 11.8 Å². The van der Waals surface area contributed by atoms with Crippen LogP contribution in [0.2, 0.25) is 5.02 Å². The summed E-state index contributed by atoms with van der Waals surface area (Å²) in [6.07, 6.45) is 0.833. The fraction of sp³-hybridized carbons (Fsp3) is 0.400. The Labute approximate surface area is 204 Å². The molecule has 1 heterocycles. The maximum Gasteiger partial charge on any atom is 0.411 e. The van der Waals surface area contributed by atoms with Crippen LogP contribution in [0.25, 0.3) is 0 Å². The van der Waals surface area contributed by atoms with Crippen LogP contribution < -0.4 is 10.6 Å². The van der Waals surface area contributed by atoms with E-state index in [9.17, 15) is 14.4 Å². The Bertz CT molecular complexity index is 1000. The molecule has 0 aromatic heterocycles. The van der Waals surface area contributed by atoms with Gasteiger partial charge in [0, 0.05) is 30.3 Å². The number of rotatable bonds is 8. The van der Waals surface area contributed by atoms with Gasteiger partial charge in [0.1, 0.15) is 13.2 Å². The van der Waals surface area contributed by atoms with Gasteiger partial charge in [-0.3, -0.25) is 14.9 Å². The number of hydrogen-bond acceptors (Lipinski definition) is 5. The van der Waals surface area contributed by atoms with Gasteiger partial charge in [0.15, 0.2) is 0 Å². The van der Waals surface area contributed by atoms with E-state index in [1.165, 1.54) is 4.90 Å². The number of aliphatic hydroxyl groups excluding tert-OH is 1. The molecule has 1 aliphatic heterocycles. The first-order valence-electron chi connectivity index (χ1n) is 11.3. The van der Waals surface area contributed by atoms with E-state index in [2.05, 4.69) is 10.6 Å². The highest BCUT2D eigenvalue weighted by atomic mass is 35.5. The van der Waals surface area contributed by atoms with Crippen LogP contribution in [0.5, 0.6) is 0 Å². The fourth-order valence-electron chi connectivity index (χ4n) is 3.91. The summed E-state index contributed by atoms with van der Waals surface area (Å²) in [6.45, 7) is 2.12. The molecule has 0 aliphatic carbocycles. The smallest absolute Gasteiger partial charge is 0.411 e. The second kappa shape index (κ2) is 11.9. The van der Waals surface area contributed by atoms with Crippen LogP contribution in [0.4, 0.5) is 10.5 Å². The molecule has 0 bridgehead atoms. The van der Waals surface area contributed by atoms with E-state index in [0.717, 1.165) is 17.5 Å². The van der Waals surface area contributed by atoms with Crippen molar-refractivity contribution >= 4 is 35.2 Å². The van der Waals surface area contributed by atoms with E-state index in [1.807, 2.05) is 37.3 Å². The first-order valence-corrected chi connectivity index (χ1v) is 11.7. The second-order valence-electron chi connectivity index (χ2n) is 8.34. The van der Waals surface area contributed by atoms with Crippen molar-refractivity contribution in [1.82, 2.24) is 10.2 Å². The normalized spacial score (nSPS) is 14.9. The highest BCUT2D eigenvalue weighted by Crippen LogP contribution is 2.33. The van der Waals surface area contributed by atoms with Crippen LogP contribution >= 0.6 is 11.6 Å². The van der Waals surface area contributed by atoms with Gasteiger partial charge in [-0.1, -0.05) is 48.9 Å². The predicted molar refractivity (Wildman–Crippen MR) is 129 cm³/mol. The summed E-state index contributed by atoms with van der Waals surface area (Å²) in [5.74, 6) is -0.664. The Balaban J connectivity index is 1.66. The maximum atomic E-state index is 13.3. The Morgan fingerprint density at radius 3 is 2.38 bits per heavy atom. The van der Waals surface area contributed by atoms with E-state index >= 15 is 0 Å². The lowest BCUT2D eigenvalue weighted by Gasteiger charge is -2.40. The number of anilines is 1. The number of nitrogens with one attached hydrogen (secondary N) is 2. The van der Waals surface area contributed by atoms with Crippen molar-refractivity contribution in [2.24, 2.45) is 5.41 Å². The van der Waals surface area contributed by atoms with E-state index in [4.69, 9.17) is 21.4 Å². The molecule has 3 rings (SSSR count). The molecule has 0 radical (unpaired) electrons. The van der Waals surface area contributed by atoms with Gasteiger partial charge in [-0.25, -0.2) is 4.79 Å². The molecule has 0 atom stereocenters. The van der Waals surface area contributed by atoms with Crippen molar-refractivity contribution in [2.75, 3.05) is 31.6 Å². The highest BCUT2D eigenvalue weighted by Gasteiger charge is 2.43. The van der Waals surface area contributed by atoms with E-state index < -0.39 is 18.1 Å². The zero-order valence-electron chi connectivity index (χ0n) is 19.2. The third-order valence-corrected chi connectivity index (χ3v) is 6.54. The van der Waals surface area contributed by atoms with Crippen molar-refractivity contribution in [3.05, 3.63) is 64.7 Å². The summed E-state index contributed by atoms with van der Waals surface area (Å²) in [5.41, 5.74) is 1.52.